The lowest BCUT2D eigenvalue weighted by atomic mass is 9.93. The van der Waals surface area contributed by atoms with Gasteiger partial charge in [-0.2, -0.15) is 0 Å². The lowest BCUT2D eigenvalue weighted by Crippen LogP contribution is -2.42. The molecule has 2 saturated heterocycles. The van der Waals surface area contributed by atoms with Gasteiger partial charge in [0, 0.05) is 20.9 Å². The van der Waals surface area contributed by atoms with Crippen molar-refractivity contribution >= 4 is 5.91 Å². The molecule has 2 aliphatic heterocycles. The Kier molecular flexibility index (Phi) is 6.30. The van der Waals surface area contributed by atoms with Crippen molar-refractivity contribution in [2.75, 3.05) is 46.3 Å². The first-order valence-electron chi connectivity index (χ1n) is 8.35. The number of likely N-dealkylation sites (tertiary alicyclic amines) is 2. The van der Waals surface area contributed by atoms with Crippen LogP contribution in [-0.4, -0.2) is 62.0 Å². The van der Waals surface area contributed by atoms with Gasteiger partial charge in [0.2, 0.25) is 5.91 Å². The van der Waals surface area contributed by atoms with Gasteiger partial charge in [-0.05, 0) is 70.7 Å². The van der Waals surface area contributed by atoms with Gasteiger partial charge in [0.15, 0.2) is 0 Å². The fourth-order valence-electron chi connectivity index (χ4n) is 3.37. The fraction of sp³-hybridized carbons (Fsp3) is 0.938. The van der Waals surface area contributed by atoms with E-state index in [9.17, 15) is 4.79 Å². The maximum Gasteiger partial charge on any atom is 0.219 e. The van der Waals surface area contributed by atoms with E-state index in [1.807, 2.05) is 6.92 Å². The van der Waals surface area contributed by atoms with Crippen LogP contribution in [0.1, 0.15) is 40.5 Å². The summed E-state index contributed by atoms with van der Waals surface area (Å²) < 4.78 is 0. The number of nitrogens with zero attached hydrogens (tertiary/aromatic N) is 2. The molecule has 0 bridgehead atoms. The van der Waals surface area contributed by atoms with Crippen molar-refractivity contribution in [3.8, 4) is 0 Å². The molecule has 2 heterocycles. The highest BCUT2D eigenvalue weighted by atomic mass is 16.1. The van der Waals surface area contributed by atoms with E-state index in [-0.39, 0.29) is 7.33 Å². The maximum absolute atomic E-state index is 11.3. The molecule has 0 aromatic rings. The minimum Gasteiger partial charge on any atom is -0.356 e. The number of piperidine rings is 2. The van der Waals surface area contributed by atoms with Crippen LogP contribution >= 0.6 is 0 Å². The van der Waals surface area contributed by atoms with Crippen molar-refractivity contribution in [2.45, 2.75) is 39.0 Å². The fourth-order valence-corrected chi connectivity index (χ4v) is 3.37. The summed E-state index contributed by atoms with van der Waals surface area (Å²) in [6, 6.07) is 0. The summed E-state index contributed by atoms with van der Waals surface area (Å²) in [6.45, 7) is 9.07. The normalized spacial score (nSPS) is 23.9. The molecule has 2 aliphatic rings. The van der Waals surface area contributed by atoms with Crippen LogP contribution in [0.5, 0.6) is 0 Å². The van der Waals surface area contributed by atoms with Crippen molar-refractivity contribution in [1.82, 2.24) is 15.1 Å². The van der Waals surface area contributed by atoms with Crippen LogP contribution in [-0.2, 0) is 4.79 Å². The molecule has 1 N–H and O–H groups in total. The average molecular weight is 283 g/mol. The summed E-state index contributed by atoms with van der Waals surface area (Å²) >= 11 is 0. The number of carbonyl (C=O) groups is 1. The van der Waals surface area contributed by atoms with Crippen LogP contribution in [0.2, 0.25) is 0 Å². The van der Waals surface area contributed by atoms with Crippen molar-refractivity contribution in [3.05, 3.63) is 0 Å². The molecule has 1 amide bonds. The molecule has 4 nitrogen and oxygen atoms in total. The molecule has 0 saturated carbocycles. The molecular weight excluding hydrogens is 250 g/mol. The summed E-state index contributed by atoms with van der Waals surface area (Å²) in [6.07, 6.45) is 5.83. The van der Waals surface area contributed by atoms with Crippen LogP contribution < -0.4 is 5.32 Å². The number of hydrogen-bond acceptors (Lipinski definition) is 3. The van der Waals surface area contributed by atoms with Crippen LogP contribution in [0.25, 0.3) is 0 Å². The zero-order chi connectivity index (χ0) is 14.4. The second-order valence-electron chi connectivity index (χ2n) is 6.65. The Morgan fingerprint density at radius 2 is 1.70 bits per heavy atom. The highest BCUT2D eigenvalue weighted by Crippen LogP contribution is 2.21. The Balaban J connectivity index is 0.00000220. The first kappa shape index (κ1) is 15.8. The lowest BCUT2D eigenvalue weighted by molar-refractivity contribution is -0.121. The van der Waals surface area contributed by atoms with E-state index in [0.29, 0.717) is 12.3 Å². The van der Waals surface area contributed by atoms with Crippen LogP contribution in [0, 0.1) is 11.8 Å². The van der Waals surface area contributed by atoms with Gasteiger partial charge >= 0.3 is 0 Å². The summed E-state index contributed by atoms with van der Waals surface area (Å²) in [5.41, 5.74) is 0. The highest BCUT2D eigenvalue weighted by molar-refractivity contribution is 5.75. The average Bonchev–Trinajstić information content (AvgIpc) is 2.48. The van der Waals surface area contributed by atoms with Gasteiger partial charge in [-0.15, -0.1) is 0 Å². The van der Waals surface area contributed by atoms with Crippen LogP contribution in [0.15, 0.2) is 0 Å². The molecule has 0 radical (unpaired) electrons. The van der Waals surface area contributed by atoms with E-state index in [1.165, 1.54) is 58.4 Å². The third kappa shape index (κ3) is 5.06. The van der Waals surface area contributed by atoms with Crippen molar-refractivity contribution in [1.29, 1.82) is 0 Å². The van der Waals surface area contributed by atoms with E-state index in [1.54, 1.807) is 0 Å². The number of hydrogen-bond donors (Lipinski definition) is 1. The smallest absolute Gasteiger partial charge is 0.219 e. The van der Waals surface area contributed by atoms with Crippen molar-refractivity contribution in [2.24, 2.45) is 11.8 Å². The summed E-state index contributed by atoms with van der Waals surface area (Å²) in [5.74, 6) is 1.79. The first-order valence-corrected chi connectivity index (χ1v) is 8.35. The van der Waals surface area contributed by atoms with Crippen molar-refractivity contribution in [3.63, 3.8) is 0 Å². The molecule has 2 fully saturated rings. The van der Waals surface area contributed by atoms with E-state index in [0.717, 1.165) is 12.5 Å². The molecule has 2 rings (SSSR count). The molecule has 0 unspecified atom stereocenters. The zero-order valence-electron chi connectivity index (χ0n) is 13.2. The summed E-state index contributed by atoms with van der Waals surface area (Å²) in [5, 5.41) is 3.04. The van der Waals surface area contributed by atoms with Gasteiger partial charge in [0.1, 0.15) is 0 Å². The Bertz CT molecular complexity index is 298. The SMILES string of the molecule is CCC(=O)NCC1CCN(CC2CCN(C)CC2)CC1.[HH]. The molecule has 0 atom stereocenters. The molecule has 118 valence electrons. The summed E-state index contributed by atoms with van der Waals surface area (Å²) in [7, 11) is 2.23. The Labute approximate surface area is 125 Å². The van der Waals surface area contributed by atoms with E-state index in [4.69, 9.17) is 0 Å². The standard InChI is InChI=1S/C16H31N3O.H2/c1-3-16(20)17-12-14-6-10-19(11-7-14)13-15-4-8-18(2)9-5-15;/h14-15H,3-13H2,1-2H3,(H,17,20);1H. The van der Waals surface area contributed by atoms with Crippen LogP contribution in [0.3, 0.4) is 0 Å². The molecule has 0 aliphatic carbocycles. The lowest BCUT2D eigenvalue weighted by Gasteiger charge is -2.36. The topological polar surface area (TPSA) is 35.6 Å². The second-order valence-corrected chi connectivity index (χ2v) is 6.65. The highest BCUT2D eigenvalue weighted by Gasteiger charge is 2.23. The van der Waals surface area contributed by atoms with E-state index >= 15 is 0 Å². The number of nitrogens with one attached hydrogen (secondary N) is 1. The minimum absolute atomic E-state index is 0. The number of carbonyl (C=O) groups excluding carboxylic acids is 1. The zero-order valence-corrected chi connectivity index (χ0v) is 13.2. The number of rotatable bonds is 5. The molecule has 20 heavy (non-hydrogen) atoms. The van der Waals surface area contributed by atoms with Gasteiger partial charge in [0.25, 0.3) is 0 Å². The predicted octanol–water partition coefficient (Wildman–Crippen LogP) is 1.81. The molecule has 0 spiro atoms. The molecule has 0 aromatic heterocycles. The second kappa shape index (κ2) is 7.99. The largest absolute Gasteiger partial charge is 0.356 e. The maximum atomic E-state index is 11.3. The minimum atomic E-state index is 0. The van der Waals surface area contributed by atoms with Gasteiger partial charge in [-0.3, -0.25) is 4.79 Å². The third-order valence-corrected chi connectivity index (χ3v) is 4.97. The van der Waals surface area contributed by atoms with Crippen LogP contribution in [0.4, 0.5) is 0 Å². The van der Waals surface area contributed by atoms with E-state index < -0.39 is 0 Å². The monoisotopic (exact) mass is 283 g/mol. The van der Waals surface area contributed by atoms with Gasteiger partial charge in [0.05, 0.1) is 0 Å². The summed E-state index contributed by atoms with van der Waals surface area (Å²) in [4.78, 5) is 16.4. The Morgan fingerprint density at radius 3 is 2.30 bits per heavy atom. The Morgan fingerprint density at radius 1 is 1.10 bits per heavy atom. The molecule has 4 heteroatoms. The van der Waals surface area contributed by atoms with Gasteiger partial charge in [-0.1, -0.05) is 6.92 Å². The molecule has 0 aromatic carbocycles. The number of amides is 1. The van der Waals surface area contributed by atoms with Gasteiger partial charge in [-0.25, -0.2) is 0 Å². The Hall–Kier alpha value is -0.610. The predicted molar refractivity (Wildman–Crippen MR) is 84.8 cm³/mol. The van der Waals surface area contributed by atoms with Crippen molar-refractivity contribution < 1.29 is 6.22 Å². The molecular formula is C16H33N3O. The van der Waals surface area contributed by atoms with E-state index in [2.05, 4.69) is 22.2 Å². The first-order chi connectivity index (χ1) is 9.67. The third-order valence-electron chi connectivity index (χ3n) is 4.97. The van der Waals surface area contributed by atoms with Gasteiger partial charge < -0.3 is 15.1 Å². The quantitative estimate of drug-likeness (QED) is 0.836.